The standard InChI is InChI=1S/C23H45NO3/c1-4-5-6-7-8-9-10-11-12-13-14-15-16-17-18-19-21(25)27-23(26)22(24)20(2)3/h20,22H,4-19,24H2,1-3H3/t22-/m1/s1. The highest BCUT2D eigenvalue weighted by atomic mass is 16.6. The van der Waals surface area contributed by atoms with Gasteiger partial charge in [-0.2, -0.15) is 0 Å². The van der Waals surface area contributed by atoms with E-state index in [0.29, 0.717) is 6.42 Å². The van der Waals surface area contributed by atoms with E-state index in [0.717, 1.165) is 19.3 Å². The average molecular weight is 384 g/mol. The van der Waals surface area contributed by atoms with Crippen LogP contribution in [-0.2, 0) is 14.3 Å². The zero-order valence-electron chi connectivity index (χ0n) is 18.3. The van der Waals surface area contributed by atoms with Gasteiger partial charge in [-0.05, 0) is 12.3 Å². The Morgan fingerprint density at radius 1 is 0.704 bits per heavy atom. The molecule has 2 N–H and O–H groups in total. The maximum atomic E-state index is 11.6. The highest BCUT2D eigenvalue weighted by Crippen LogP contribution is 2.14. The molecule has 4 nitrogen and oxygen atoms in total. The molecule has 0 aromatic heterocycles. The molecular weight excluding hydrogens is 338 g/mol. The predicted molar refractivity (Wildman–Crippen MR) is 113 cm³/mol. The van der Waals surface area contributed by atoms with Crippen molar-refractivity contribution in [2.75, 3.05) is 0 Å². The Hall–Kier alpha value is -0.900. The van der Waals surface area contributed by atoms with E-state index in [-0.39, 0.29) is 5.92 Å². The lowest BCUT2D eigenvalue weighted by Crippen LogP contribution is -2.38. The molecule has 0 aromatic rings. The fourth-order valence-electron chi connectivity index (χ4n) is 3.14. The molecule has 160 valence electrons. The summed E-state index contributed by atoms with van der Waals surface area (Å²) in [7, 11) is 0. The third-order valence-corrected chi connectivity index (χ3v) is 5.19. The van der Waals surface area contributed by atoms with Gasteiger partial charge in [0.2, 0.25) is 0 Å². The van der Waals surface area contributed by atoms with Crippen LogP contribution >= 0.6 is 0 Å². The van der Waals surface area contributed by atoms with Crippen LogP contribution in [0.3, 0.4) is 0 Å². The normalized spacial score (nSPS) is 12.3. The summed E-state index contributed by atoms with van der Waals surface area (Å²) in [5.41, 5.74) is 5.67. The smallest absolute Gasteiger partial charge is 0.330 e. The van der Waals surface area contributed by atoms with Gasteiger partial charge in [-0.15, -0.1) is 0 Å². The second-order valence-corrected chi connectivity index (χ2v) is 8.26. The van der Waals surface area contributed by atoms with Crippen molar-refractivity contribution in [1.29, 1.82) is 0 Å². The van der Waals surface area contributed by atoms with Gasteiger partial charge in [-0.25, -0.2) is 4.79 Å². The monoisotopic (exact) mass is 383 g/mol. The molecule has 0 radical (unpaired) electrons. The Bertz CT molecular complexity index is 369. The lowest BCUT2D eigenvalue weighted by Gasteiger charge is -2.13. The van der Waals surface area contributed by atoms with Gasteiger partial charge in [-0.1, -0.05) is 111 Å². The maximum absolute atomic E-state index is 11.6. The lowest BCUT2D eigenvalue weighted by atomic mass is 10.0. The highest BCUT2D eigenvalue weighted by Gasteiger charge is 2.21. The van der Waals surface area contributed by atoms with Crippen molar-refractivity contribution in [3.63, 3.8) is 0 Å². The predicted octanol–water partition coefficient (Wildman–Crippen LogP) is 6.30. The zero-order valence-corrected chi connectivity index (χ0v) is 18.3. The molecule has 0 aliphatic rings. The third-order valence-electron chi connectivity index (χ3n) is 5.19. The number of nitrogens with two attached hydrogens (primary N) is 1. The molecule has 0 saturated carbocycles. The van der Waals surface area contributed by atoms with Crippen LogP contribution in [0.2, 0.25) is 0 Å². The van der Waals surface area contributed by atoms with E-state index < -0.39 is 18.0 Å². The van der Waals surface area contributed by atoms with Crippen LogP contribution < -0.4 is 5.73 Å². The van der Waals surface area contributed by atoms with Crippen molar-refractivity contribution in [3.05, 3.63) is 0 Å². The molecule has 0 aromatic carbocycles. The van der Waals surface area contributed by atoms with Gasteiger partial charge in [0, 0.05) is 6.42 Å². The first kappa shape index (κ1) is 26.1. The van der Waals surface area contributed by atoms with Crippen molar-refractivity contribution in [2.45, 2.75) is 130 Å². The van der Waals surface area contributed by atoms with Crippen LogP contribution in [0, 0.1) is 5.92 Å². The summed E-state index contributed by atoms with van der Waals surface area (Å²) in [6, 6.07) is -0.713. The second kappa shape index (κ2) is 18.5. The molecule has 0 fully saturated rings. The van der Waals surface area contributed by atoms with Crippen LogP contribution in [0.25, 0.3) is 0 Å². The summed E-state index contributed by atoms with van der Waals surface area (Å²) in [6.45, 7) is 5.94. The van der Waals surface area contributed by atoms with Crippen molar-refractivity contribution in [2.24, 2.45) is 11.7 Å². The van der Waals surface area contributed by atoms with Crippen molar-refractivity contribution in [3.8, 4) is 0 Å². The van der Waals surface area contributed by atoms with Gasteiger partial charge in [-0.3, -0.25) is 4.79 Å². The first-order chi connectivity index (χ1) is 13.0. The van der Waals surface area contributed by atoms with E-state index in [1.807, 2.05) is 13.8 Å². The van der Waals surface area contributed by atoms with Gasteiger partial charge >= 0.3 is 11.9 Å². The van der Waals surface area contributed by atoms with Gasteiger partial charge in [0.25, 0.3) is 0 Å². The molecule has 27 heavy (non-hydrogen) atoms. The number of rotatable bonds is 18. The molecule has 1 atom stereocenters. The number of ether oxygens (including phenoxy) is 1. The molecule has 0 spiro atoms. The van der Waals surface area contributed by atoms with E-state index in [4.69, 9.17) is 10.5 Å². The van der Waals surface area contributed by atoms with Gasteiger partial charge < -0.3 is 10.5 Å². The molecule has 0 rings (SSSR count). The Morgan fingerprint density at radius 2 is 1.07 bits per heavy atom. The molecule has 0 saturated heterocycles. The maximum Gasteiger partial charge on any atom is 0.330 e. The Labute approximate surface area is 168 Å². The van der Waals surface area contributed by atoms with Gasteiger partial charge in [0.1, 0.15) is 6.04 Å². The summed E-state index contributed by atoms with van der Waals surface area (Å²) in [5.74, 6) is -1.06. The highest BCUT2D eigenvalue weighted by molar-refractivity contribution is 5.88. The van der Waals surface area contributed by atoms with Crippen LogP contribution in [0.5, 0.6) is 0 Å². The minimum atomic E-state index is -0.713. The molecule has 0 bridgehead atoms. The quantitative estimate of drug-likeness (QED) is 0.171. The minimum Gasteiger partial charge on any atom is -0.392 e. The van der Waals surface area contributed by atoms with E-state index >= 15 is 0 Å². The number of carbonyl (C=O) groups excluding carboxylic acids is 2. The lowest BCUT2D eigenvalue weighted by molar-refractivity contribution is -0.161. The topological polar surface area (TPSA) is 69.4 Å². The van der Waals surface area contributed by atoms with E-state index in [9.17, 15) is 9.59 Å². The van der Waals surface area contributed by atoms with Crippen molar-refractivity contribution in [1.82, 2.24) is 0 Å². The molecule has 4 heteroatoms. The summed E-state index contributed by atoms with van der Waals surface area (Å²) < 4.78 is 4.79. The molecule has 0 amide bonds. The molecule has 0 unspecified atom stereocenters. The largest absolute Gasteiger partial charge is 0.392 e. The van der Waals surface area contributed by atoms with Crippen LogP contribution in [0.4, 0.5) is 0 Å². The van der Waals surface area contributed by atoms with Crippen LogP contribution in [0.15, 0.2) is 0 Å². The van der Waals surface area contributed by atoms with Crippen LogP contribution in [0.1, 0.15) is 124 Å². The summed E-state index contributed by atoms with van der Waals surface area (Å²) in [5, 5.41) is 0. The summed E-state index contributed by atoms with van der Waals surface area (Å²) in [6.07, 6.45) is 19.7. The third kappa shape index (κ3) is 17.0. The van der Waals surface area contributed by atoms with Crippen molar-refractivity contribution < 1.29 is 14.3 Å². The van der Waals surface area contributed by atoms with Crippen LogP contribution in [-0.4, -0.2) is 18.0 Å². The Kier molecular flexibility index (Phi) is 17.8. The summed E-state index contributed by atoms with van der Waals surface area (Å²) >= 11 is 0. The number of carbonyl (C=O) groups is 2. The van der Waals surface area contributed by atoms with Gasteiger partial charge in [0.05, 0.1) is 0 Å². The fourth-order valence-corrected chi connectivity index (χ4v) is 3.14. The fraction of sp³-hybridized carbons (Fsp3) is 0.913. The Balaban J connectivity index is 3.31. The molecular formula is C23H45NO3. The average Bonchev–Trinajstić information content (AvgIpc) is 2.64. The minimum absolute atomic E-state index is 0.0175. The summed E-state index contributed by atoms with van der Waals surface area (Å²) in [4.78, 5) is 23.2. The van der Waals surface area contributed by atoms with E-state index in [2.05, 4.69) is 6.92 Å². The number of hydrogen-bond donors (Lipinski definition) is 1. The molecule has 0 heterocycles. The Morgan fingerprint density at radius 3 is 1.44 bits per heavy atom. The molecule has 0 aliphatic heterocycles. The first-order valence-electron chi connectivity index (χ1n) is 11.5. The van der Waals surface area contributed by atoms with E-state index in [1.54, 1.807) is 0 Å². The second-order valence-electron chi connectivity index (χ2n) is 8.26. The zero-order chi connectivity index (χ0) is 20.3. The number of esters is 2. The first-order valence-corrected chi connectivity index (χ1v) is 11.5. The van der Waals surface area contributed by atoms with Crippen molar-refractivity contribution >= 4 is 11.9 Å². The number of hydrogen-bond acceptors (Lipinski definition) is 4. The van der Waals surface area contributed by atoms with E-state index in [1.165, 1.54) is 77.0 Å². The van der Waals surface area contributed by atoms with Gasteiger partial charge in [0.15, 0.2) is 0 Å². The molecule has 0 aliphatic carbocycles. The SMILES string of the molecule is CCCCCCCCCCCCCCCCCC(=O)OC(=O)[C@H](N)C(C)C. The number of unbranched alkanes of at least 4 members (excludes halogenated alkanes) is 14.